The van der Waals surface area contributed by atoms with Crippen LogP contribution >= 0.6 is 0 Å². The third-order valence-electron chi connectivity index (χ3n) is 4.26. The van der Waals surface area contributed by atoms with Crippen LogP contribution in [0.3, 0.4) is 0 Å². The zero-order valence-electron chi connectivity index (χ0n) is 13.2. The third-order valence-corrected chi connectivity index (χ3v) is 6.23. The van der Waals surface area contributed by atoms with Gasteiger partial charge in [-0.25, -0.2) is 8.42 Å². The highest BCUT2D eigenvalue weighted by atomic mass is 32.2. The number of benzene rings is 1. The summed E-state index contributed by atoms with van der Waals surface area (Å²) in [7, 11) is -3.82. The van der Waals surface area contributed by atoms with E-state index in [-0.39, 0.29) is 23.3 Å². The van der Waals surface area contributed by atoms with E-state index in [1.54, 1.807) is 26.0 Å². The minimum absolute atomic E-state index is 0.0367. The highest BCUT2D eigenvalue weighted by Gasteiger charge is 2.37. The smallest absolute Gasteiger partial charge is 0.307 e. The van der Waals surface area contributed by atoms with Crippen molar-refractivity contribution in [3.05, 3.63) is 29.8 Å². The topological polar surface area (TPSA) is 91.8 Å². The van der Waals surface area contributed by atoms with Crippen molar-refractivity contribution < 1.29 is 23.1 Å². The minimum atomic E-state index is -3.82. The average molecular weight is 339 g/mol. The van der Waals surface area contributed by atoms with Crippen molar-refractivity contribution in [3.8, 4) is 0 Å². The summed E-state index contributed by atoms with van der Waals surface area (Å²) in [6, 6.07) is 5.68. The number of carboxylic acid groups (broad SMARTS) is 1. The Labute approximate surface area is 136 Å². The number of rotatable bonds is 5. The maximum atomic E-state index is 12.9. The molecule has 0 aliphatic carbocycles. The SMILES string of the molecule is CCC(=O)c1cccc(S(=O)(=O)N2CC(C(=O)O)CCC2C)c1. The number of carbonyl (C=O) groups excluding carboxylic acids is 1. The Morgan fingerprint density at radius 3 is 2.61 bits per heavy atom. The molecule has 0 aromatic heterocycles. The second-order valence-electron chi connectivity index (χ2n) is 5.84. The van der Waals surface area contributed by atoms with Crippen molar-refractivity contribution >= 4 is 21.8 Å². The van der Waals surface area contributed by atoms with Crippen molar-refractivity contribution in [1.29, 1.82) is 0 Å². The second kappa shape index (κ2) is 6.80. The van der Waals surface area contributed by atoms with Gasteiger partial charge in [-0.2, -0.15) is 4.31 Å². The molecule has 2 atom stereocenters. The van der Waals surface area contributed by atoms with Gasteiger partial charge in [0, 0.05) is 24.6 Å². The number of carbonyl (C=O) groups is 2. The molecule has 1 aliphatic rings. The Hall–Kier alpha value is -1.73. The summed E-state index contributed by atoms with van der Waals surface area (Å²) in [4.78, 5) is 23.0. The first kappa shape index (κ1) is 17.6. The van der Waals surface area contributed by atoms with E-state index in [0.717, 1.165) is 0 Å². The molecular formula is C16H21NO5S. The highest BCUT2D eigenvalue weighted by Crippen LogP contribution is 2.28. The van der Waals surface area contributed by atoms with Gasteiger partial charge in [0.25, 0.3) is 0 Å². The molecule has 1 aliphatic heterocycles. The first-order valence-electron chi connectivity index (χ1n) is 7.65. The van der Waals surface area contributed by atoms with Crippen LogP contribution in [0.5, 0.6) is 0 Å². The molecule has 0 spiro atoms. The van der Waals surface area contributed by atoms with Gasteiger partial charge in [-0.15, -0.1) is 0 Å². The van der Waals surface area contributed by atoms with Crippen LogP contribution in [-0.4, -0.2) is 42.2 Å². The van der Waals surface area contributed by atoms with E-state index in [1.165, 1.54) is 16.4 Å². The molecule has 0 saturated carbocycles. The molecular weight excluding hydrogens is 318 g/mol. The number of nitrogens with zero attached hydrogens (tertiary/aromatic N) is 1. The maximum Gasteiger partial charge on any atom is 0.307 e. The molecule has 0 bridgehead atoms. The summed E-state index contributed by atoms with van der Waals surface area (Å²) in [5.74, 6) is -1.80. The summed E-state index contributed by atoms with van der Waals surface area (Å²) in [6.07, 6.45) is 1.27. The molecule has 23 heavy (non-hydrogen) atoms. The molecule has 6 nitrogen and oxygen atoms in total. The van der Waals surface area contributed by atoms with E-state index in [2.05, 4.69) is 0 Å². The van der Waals surface area contributed by atoms with Gasteiger partial charge in [0.2, 0.25) is 10.0 Å². The summed E-state index contributed by atoms with van der Waals surface area (Å²) in [6.45, 7) is 3.45. The number of hydrogen-bond acceptors (Lipinski definition) is 4. The van der Waals surface area contributed by atoms with Crippen molar-refractivity contribution in [1.82, 2.24) is 4.31 Å². The maximum absolute atomic E-state index is 12.9. The summed E-state index contributed by atoms with van der Waals surface area (Å²) >= 11 is 0. The fourth-order valence-electron chi connectivity index (χ4n) is 2.78. The molecule has 7 heteroatoms. The average Bonchev–Trinajstić information content (AvgIpc) is 2.54. The van der Waals surface area contributed by atoms with Crippen molar-refractivity contribution in [2.75, 3.05) is 6.54 Å². The quantitative estimate of drug-likeness (QED) is 0.830. The monoisotopic (exact) mass is 339 g/mol. The predicted octanol–water partition coefficient (Wildman–Crippen LogP) is 2.15. The Morgan fingerprint density at radius 1 is 1.30 bits per heavy atom. The lowest BCUT2D eigenvalue weighted by molar-refractivity contribution is -0.143. The lowest BCUT2D eigenvalue weighted by atomic mass is 9.96. The van der Waals surface area contributed by atoms with Crippen molar-refractivity contribution in [2.24, 2.45) is 5.92 Å². The summed E-state index contributed by atoms with van der Waals surface area (Å²) in [5, 5.41) is 9.16. The van der Waals surface area contributed by atoms with Crippen LogP contribution < -0.4 is 0 Å². The van der Waals surface area contributed by atoms with Crippen LogP contribution in [0.2, 0.25) is 0 Å². The number of carboxylic acids is 1. The van der Waals surface area contributed by atoms with Crippen molar-refractivity contribution in [3.63, 3.8) is 0 Å². The Balaban J connectivity index is 2.37. The third kappa shape index (κ3) is 3.61. The summed E-state index contributed by atoms with van der Waals surface area (Å²) in [5.41, 5.74) is 0.355. The molecule has 1 aromatic rings. The first-order valence-corrected chi connectivity index (χ1v) is 9.09. The van der Waals surface area contributed by atoms with Crippen molar-refractivity contribution in [2.45, 2.75) is 44.0 Å². The zero-order chi connectivity index (χ0) is 17.2. The standard InChI is InChI=1S/C16H21NO5S/c1-3-15(18)12-5-4-6-14(9-12)23(21,22)17-10-13(16(19)20)8-7-11(17)2/h4-6,9,11,13H,3,7-8,10H2,1-2H3,(H,19,20). The number of ketones is 1. The van der Waals surface area contributed by atoms with Crippen LogP contribution in [0.4, 0.5) is 0 Å². The molecule has 2 rings (SSSR count). The summed E-state index contributed by atoms with van der Waals surface area (Å²) < 4.78 is 26.9. The number of aliphatic carboxylic acids is 1. The predicted molar refractivity (Wildman–Crippen MR) is 84.8 cm³/mol. The molecule has 0 amide bonds. The lowest BCUT2D eigenvalue weighted by Crippen LogP contribution is -2.47. The fourth-order valence-corrected chi connectivity index (χ4v) is 4.53. The van der Waals surface area contributed by atoms with Gasteiger partial charge in [0.1, 0.15) is 0 Å². The molecule has 1 aromatic carbocycles. The first-order chi connectivity index (χ1) is 10.8. The normalized spacial score (nSPS) is 22.7. The van der Waals surface area contributed by atoms with Gasteiger partial charge in [0.05, 0.1) is 10.8 Å². The minimum Gasteiger partial charge on any atom is -0.481 e. The number of sulfonamides is 1. The largest absolute Gasteiger partial charge is 0.481 e. The number of Topliss-reactive ketones (excluding diaryl/α,β-unsaturated/α-hetero) is 1. The van der Waals surface area contributed by atoms with Gasteiger partial charge in [-0.05, 0) is 31.9 Å². The van der Waals surface area contributed by atoms with Gasteiger partial charge < -0.3 is 5.11 Å². The van der Waals surface area contributed by atoms with E-state index in [4.69, 9.17) is 5.11 Å². The van der Waals surface area contributed by atoms with E-state index >= 15 is 0 Å². The molecule has 1 fully saturated rings. The van der Waals surface area contributed by atoms with Crippen LogP contribution in [0, 0.1) is 5.92 Å². The molecule has 1 N–H and O–H groups in total. The molecule has 2 unspecified atom stereocenters. The Kier molecular flexibility index (Phi) is 5.21. The molecule has 1 saturated heterocycles. The number of hydrogen-bond donors (Lipinski definition) is 1. The van der Waals surface area contributed by atoms with Crippen LogP contribution in [0.15, 0.2) is 29.2 Å². The lowest BCUT2D eigenvalue weighted by Gasteiger charge is -2.35. The molecule has 126 valence electrons. The van der Waals surface area contributed by atoms with Gasteiger partial charge in [-0.3, -0.25) is 9.59 Å². The number of piperidine rings is 1. The van der Waals surface area contributed by atoms with Gasteiger partial charge in [0.15, 0.2) is 5.78 Å². The fraction of sp³-hybridized carbons (Fsp3) is 0.500. The van der Waals surface area contributed by atoms with E-state index < -0.39 is 21.9 Å². The van der Waals surface area contributed by atoms with E-state index in [1.807, 2.05) is 0 Å². The molecule has 1 heterocycles. The highest BCUT2D eigenvalue weighted by molar-refractivity contribution is 7.89. The Morgan fingerprint density at radius 2 is 2.00 bits per heavy atom. The van der Waals surface area contributed by atoms with Crippen LogP contribution in [0.25, 0.3) is 0 Å². The zero-order valence-corrected chi connectivity index (χ0v) is 14.0. The van der Waals surface area contributed by atoms with Crippen LogP contribution in [0.1, 0.15) is 43.5 Å². The molecule has 0 radical (unpaired) electrons. The Bertz CT molecular complexity index is 713. The van der Waals surface area contributed by atoms with E-state index in [9.17, 15) is 18.0 Å². The van der Waals surface area contributed by atoms with Gasteiger partial charge >= 0.3 is 5.97 Å². The van der Waals surface area contributed by atoms with Crippen LogP contribution in [-0.2, 0) is 14.8 Å². The second-order valence-corrected chi connectivity index (χ2v) is 7.73. The van der Waals surface area contributed by atoms with E-state index in [0.29, 0.717) is 24.8 Å². The van der Waals surface area contributed by atoms with Gasteiger partial charge in [-0.1, -0.05) is 19.1 Å².